The standard InChI is InChI=1S/C26H25Cl2NO4/c1-16-7-4-5-10-20(16)33-25-24(18-8-6-9-19(27)23(18)28)29(26(25)30)14-13-17-11-12-21(31-2)22(15-17)32-3/h4-12,15,24-25H,13-14H2,1-3H3. The second-order valence-electron chi connectivity index (χ2n) is 7.86. The molecular formula is C26H25Cl2NO4. The van der Waals surface area contributed by atoms with E-state index in [1.807, 2.05) is 61.5 Å². The molecule has 1 fully saturated rings. The minimum Gasteiger partial charge on any atom is -0.493 e. The van der Waals surface area contributed by atoms with Crippen LogP contribution in [0.15, 0.2) is 60.7 Å². The summed E-state index contributed by atoms with van der Waals surface area (Å²) in [5.74, 6) is 1.91. The van der Waals surface area contributed by atoms with Crippen molar-refractivity contribution >= 4 is 29.1 Å². The number of carbonyl (C=O) groups excluding carboxylic acids is 1. The summed E-state index contributed by atoms with van der Waals surface area (Å²) in [6.07, 6.45) is -0.0369. The van der Waals surface area contributed by atoms with Gasteiger partial charge < -0.3 is 19.1 Å². The number of nitrogens with zero attached hydrogens (tertiary/aromatic N) is 1. The number of benzene rings is 3. The smallest absolute Gasteiger partial charge is 0.266 e. The number of carbonyl (C=O) groups is 1. The zero-order valence-corrected chi connectivity index (χ0v) is 20.2. The lowest BCUT2D eigenvalue weighted by Gasteiger charge is -2.47. The molecule has 33 heavy (non-hydrogen) atoms. The third-order valence-corrected chi connectivity index (χ3v) is 6.72. The number of ether oxygens (including phenoxy) is 3. The number of amides is 1. The number of methoxy groups -OCH3 is 2. The second kappa shape index (κ2) is 9.94. The van der Waals surface area contributed by atoms with E-state index in [0.29, 0.717) is 40.3 Å². The average molecular weight is 486 g/mol. The van der Waals surface area contributed by atoms with E-state index in [0.717, 1.165) is 16.7 Å². The summed E-state index contributed by atoms with van der Waals surface area (Å²) in [4.78, 5) is 15.0. The lowest BCUT2D eigenvalue weighted by Crippen LogP contribution is -2.61. The summed E-state index contributed by atoms with van der Waals surface area (Å²) in [6, 6.07) is 18.5. The summed E-state index contributed by atoms with van der Waals surface area (Å²) in [6.45, 7) is 2.45. The van der Waals surface area contributed by atoms with Crippen LogP contribution < -0.4 is 14.2 Å². The molecule has 1 amide bonds. The molecule has 0 radical (unpaired) electrons. The van der Waals surface area contributed by atoms with Gasteiger partial charge >= 0.3 is 0 Å². The number of β-lactam (4-membered cyclic amide) rings is 1. The number of hydrogen-bond acceptors (Lipinski definition) is 4. The number of halogens is 2. The predicted octanol–water partition coefficient (Wildman–Crippen LogP) is 5.89. The summed E-state index contributed by atoms with van der Waals surface area (Å²) < 4.78 is 16.9. The van der Waals surface area contributed by atoms with Crippen LogP contribution >= 0.6 is 23.2 Å². The predicted molar refractivity (Wildman–Crippen MR) is 130 cm³/mol. The molecule has 1 saturated heterocycles. The van der Waals surface area contributed by atoms with Crippen LogP contribution in [0.5, 0.6) is 17.2 Å². The van der Waals surface area contributed by atoms with Crippen molar-refractivity contribution in [3.63, 3.8) is 0 Å². The lowest BCUT2D eigenvalue weighted by atomic mass is 9.89. The van der Waals surface area contributed by atoms with Crippen LogP contribution in [0.3, 0.4) is 0 Å². The monoisotopic (exact) mass is 485 g/mol. The van der Waals surface area contributed by atoms with E-state index in [2.05, 4.69) is 0 Å². The van der Waals surface area contributed by atoms with Crippen molar-refractivity contribution in [3.8, 4) is 17.2 Å². The van der Waals surface area contributed by atoms with Gasteiger partial charge in [0.05, 0.1) is 24.3 Å². The highest BCUT2D eigenvalue weighted by Gasteiger charge is 2.50. The Labute approximate surface area is 203 Å². The Balaban J connectivity index is 1.59. The Morgan fingerprint density at radius 2 is 1.67 bits per heavy atom. The molecule has 2 atom stereocenters. The molecule has 0 bridgehead atoms. The Kier molecular flexibility index (Phi) is 7.01. The molecule has 3 aromatic rings. The van der Waals surface area contributed by atoms with Gasteiger partial charge in [0.15, 0.2) is 11.5 Å². The number of aryl methyl sites for hydroxylation is 1. The molecular weight excluding hydrogens is 461 g/mol. The quantitative estimate of drug-likeness (QED) is 0.373. The fourth-order valence-electron chi connectivity index (χ4n) is 4.07. The van der Waals surface area contributed by atoms with Crippen LogP contribution in [0.2, 0.25) is 10.0 Å². The van der Waals surface area contributed by atoms with Gasteiger partial charge in [-0.05, 0) is 54.3 Å². The molecule has 7 heteroatoms. The highest BCUT2D eigenvalue weighted by Crippen LogP contribution is 2.43. The minimum atomic E-state index is -0.674. The SMILES string of the molecule is COc1ccc(CCN2C(=O)C(Oc3ccccc3C)C2c2cccc(Cl)c2Cl)cc1OC. The summed E-state index contributed by atoms with van der Waals surface area (Å²) in [5.41, 5.74) is 2.76. The first-order valence-electron chi connectivity index (χ1n) is 10.6. The number of likely N-dealkylation sites (tertiary alicyclic amines) is 1. The van der Waals surface area contributed by atoms with Crippen molar-refractivity contribution in [2.75, 3.05) is 20.8 Å². The fraction of sp³-hybridized carbons (Fsp3) is 0.269. The molecule has 3 aromatic carbocycles. The van der Waals surface area contributed by atoms with Gasteiger partial charge in [-0.15, -0.1) is 0 Å². The Morgan fingerprint density at radius 3 is 2.39 bits per heavy atom. The van der Waals surface area contributed by atoms with Gasteiger partial charge in [0.25, 0.3) is 5.91 Å². The highest BCUT2D eigenvalue weighted by atomic mass is 35.5. The van der Waals surface area contributed by atoms with E-state index in [9.17, 15) is 4.79 Å². The van der Waals surface area contributed by atoms with Gasteiger partial charge in [-0.3, -0.25) is 4.79 Å². The second-order valence-corrected chi connectivity index (χ2v) is 8.65. The van der Waals surface area contributed by atoms with E-state index in [4.69, 9.17) is 37.4 Å². The Morgan fingerprint density at radius 1 is 0.909 bits per heavy atom. The van der Waals surface area contributed by atoms with Gasteiger partial charge in [-0.1, -0.05) is 59.6 Å². The number of rotatable bonds is 8. The summed E-state index contributed by atoms with van der Waals surface area (Å²) in [5, 5.41) is 0.883. The molecule has 5 nitrogen and oxygen atoms in total. The van der Waals surface area contributed by atoms with Crippen molar-refractivity contribution in [1.82, 2.24) is 4.90 Å². The molecule has 0 spiro atoms. The van der Waals surface area contributed by atoms with Crippen molar-refractivity contribution < 1.29 is 19.0 Å². The molecule has 1 heterocycles. The van der Waals surface area contributed by atoms with Crippen LogP contribution in [0.25, 0.3) is 0 Å². The lowest BCUT2D eigenvalue weighted by molar-refractivity contribution is -0.164. The first-order chi connectivity index (χ1) is 15.9. The molecule has 1 aliphatic rings. The van der Waals surface area contributed by atoms with Crippen LogP contribution in [-0.2, 0) is 11.2 Å². The first kappa shape index (κ1) is 23.3. The fourth-order valence-corrected chi connectivity index (χ4v) is 4.49. The van der Waals surface area contributed by atoms with Gasteiger partial charge in [0, 0.05) is 6.54 Å². The van der Waals surface area contributed by atoms with E-state index in [-0.39, 0.29) is 11.9 Å². The van der Waals surface area contributed by atoms with E-state index in [1.165, 1.54) is 0 Å². The molecule has 0 saturated carbocycles. The zero-order valence-electron chi connectivity index (χ0n) is 18.7. The zero-order chi connectivity index (χ0) is 23.5. The van der Waals surface area contributed by atoms with Gasteiger partial charge in [0.2, 0.25) is 6.10 Å². The summed E-state index contributed by atoms with van der Waals surface area (Å²) in [7, 11) is 3.20. The van der Waals surface area contributed by atoms with Crippen molar-refractivity contribution in [2.24, 2.45) is 0 Å². The minimum absolute atomic E-state index is 0.0835. The third kappa shape index (κ3) is 4.61. The first-order valence-corrected chi connectivity index (χ1v) is 11.4. The molecule has 1 aliphatic heterocycles. The van der Waals surface area contributed by atoms with Crippen molar-refractivity contribution in [2.45, 2.75) is 25.5 Å². The largest absolute Gasteiger partial charge is 0.493 e. The van der Waals surface area contributed by atoms with E-state index < -0.39 is 6.10 Å². The maximum Gasteiger partial charge on any atom is 0.266 e. The Hall–Kier alpha value is -2.89. The van der Waals surface area contributed by atoms with Gasteiger partial charge in [-0.25, -0.2) is 0 Å². The third-order valence-electron chi connectivity index (χ3n) is 5.89. The van der Waals surface area contributed by atoms with Crippen molar-refractivity contribution in [1.29, 1.82) is 0 Å². The Bertz CT molecular complexity index is 1170. The normalized spacial score (nSPS) is 17.5. The van der Waals surface area contributed by atoms with Crippen molar-refractivity contribution in [3.05, 3.63) is 87.4 Å². The summed E-state index contributed by atoms with van der Waals surface area (Å²) >= 11 is 12.8. The molecule has 0 aliphatic carbocycles. The van der Waals surface area contributed by atoms with Gasteiger partial charge in [0.1, 0.15) is 11.8 Å². The topological polar surface area (TPSA) is 48.0 Å². The molecule has 4 rings (SSSR count). The number of para-hydroxylation sites is 1. The van der Waals surface area contributed by atoms with Crippen LogP contribution in [0, 0.1) is 6.92 Å². The number of hydrogen-bond donors (Lipinski definition) is 0. The average Bonchev–Trinajstić information content (AvgIpc) is 2.83. The van der Waals surface area contributed by atoms with E-state index >= 15 is 0 Å². The maximum atomic E-state index is 13.2. The maximum absolute atomic E-state index is 13.2. The molecule has 2 unspecified atom stereocenters. The van der Waals surface area contributed by atoms with Crippen LogP contribution in [0.4, 0.5) is 0 Å². The van der Waals surface area contributed by atoms with Crippen LogP contribution in [0.1, 0.15) is 22.7 Å². The van der Waals surface area contributed by atoms with E-state index in [1.54, 1.807) is 25.2 Å². The van der Waals surface area contributed by atoms with Crippen LogP contribution in [-0.4, -0.2) is 37.7 Å². The molecule has 0 aromatic heterocycles. The molecule has 172 valence electrons. The molecule has 0 N–H and O–H groups in total. The highest BCUT2D eigenvalue weighted by molar-refractivity contribution is 6.42. The van der Waals surface area contributed by atoms with Gasteiger partial charge in [-0.2, -0.15) is 0 Å².